The van der Waals surface area contributed by atoms with E-state index in [4.69, 9.17) is 4.43 Å². The molecule has 0 fully saturated rings. The number of aliphatic imine (C=N–C) groups is 1. The predicted molar refractivity (Wildman–Crippen MR) is 98.4 cm³/mol. The molecule has 23 heavy (non-hydrogen) atoms. The molecule has 3 aromatic rings. The van der Waals surface area contributed by atoms with Gasteiger partial charge in [0.2, 0.25) is 8.32 Å². The summed E-state index contributed by atoms with van der Waals surface area (Å²) >= 11 is 0. The Morgan fingerprint density at radius 1 is 1.04 bits per heavy atom. The number of nitrogens with zero attached hydrogens (tertiary/aromatic N) is 3. The second kappa shape index (κ2) is 6.00. The molecule has 3 rings (SSSR count). The van der Waals surface area contributed by atoms with Crippen LogP contribution in [0.1, 0.15) is 5.82 Å². The molecule has 0 atom stereocenters. The molecule has 1 aromatic heterocycles. The first-order valence-electron chi connectivity index (χ1n) is 7.68. The molecular weight excluding hydrogens is 302 g/mol. The summed E-state index contributed by atoms with van der Waals surface area (Å²) in [6.07, 6.45) is 1.80. The second-order valence-corrected chi connectivity index (χ2v) is 10.9. The first-order valence-corrected chi connectivity index (χ1v) is 11.1. The van der Waals surface area contributed by atoms with E-state index in [0.29, 0.717) is 0 Å². The zero-order chi connectivity index (χ0) is 16.4. The van der Waals surface area contributed by atoms with Crippen LogP contribution < -0.4 is 4.43 Å². The molecule has 1 heterocycles. The highest BCUT2D eigenvalue weighted by Crippen LogP contribution is 2.29. The largest absolute Gasteiger partial charge is 0.543 e. The fraction of sp³-hybridized carbons (Fsp3) is 0.222. The maximum Gasteiger partial charge on any atom is 0.242 e. The molecular formula is C18H21N3OSi. The van der Waals surface area contributed by atoms with Crippen LogP contribution in [0.5, 0.6) is 5.75 Å². The van der Waals surface area contributed by atoms with E-state index in [2.05, 4.69) is 35.7 Å². The number of hydrogen-bond acceptors (Lipinski definition) is 3. The first-order chi connectivity index (χ1) is 10.9. The fourth-order valence-electron chi connectivity index (χ4n) is 2.39. The van der Waals surface area contributed by atoms with Crippen molar-refractivity contribution in [2.24, 2.45) is 12.0 Å². The zero-order valence-corrected chi connectivity index (χ0v) is 14.9. The number of imidazole rings is 1. The Balaban J connectivity index is 1.95. The molecule has 4 nitrogen and oxygen atoms in total. The summed E-state index contributed by atoms with van der Waals surface area (Å²) in [6, 6.07) is 16.0. The SMILES string of the molecule is Cn1c(C=Nc2ccccc2O[Si](C)(C)C)nc2ccccc21. The highest BCUT2D eigenvalue weighted by Gasteiger charge is 2.17. The number of para-hydroxylation sites is 4. The van der Waals surface area contributed by atoms with Crippen molar-refractivity contribution in [2.75, 3.05) is 0 Å². The third kappa shape index (κ3) is 3.51. The van der Waals surface area contributed by atoms with Crippen molar-refractivity contribution < 1.29 is 4.43 Å². The zero-order valence-electron chi connectivity index (χ0n) is 13.9. The lowest BCUT2D eigenvalue weighted by Gasteiger charge is -2.20. The Morgan fingerprint density at radius 2 is 1.74 bits per heavy atom. The normalized spacial score (nSPS) is 12.2. The van der Waals surface area contributed by atoms with Crippen molar-refractivity contribution in [2.45, 2.75) is 19.6 Å². The Bertz CT molecular complexity index is 862. The molecule has 0 N–H and O–H groups in total. The molecule has 5 heteroatoms. The quantitative estimate of drug-likeness (QED) is 0.522. The molecule has 2 aromatic carbocycles. The molecule has 0 unspecified atom stereocenters. The molecule has 0 aliphatic rings. The van der Waals surface area contributed by atoms with E-state index >= 15 is 0 Å². The summed E-state index contributed by atoms with van der Waals surface area (Å²) < 4.78 is 8.15. The first kappa shape index (κ1) is 15.5. The Hall–Kier alpha value is -2.40. The van der Waals surface area contributed by atoms with Gasteiger partial charge in [-0.3, -0.25) is 0 Å². The average molecular weight is 323 g/mol. The van der Waals surface area contributed by atoms with Gasteiger partial charge in [0.05, 0.1) is 17.2 Å². The third-order valence-electron chi connectivity index (χ3n) is 3.42. The maximum atomic E-state index is 6.11. The number of hydrogen-bond donors (Lipinski definition) is 0. The van der Waals surface area contributed by atoms with Gasteiger partial charge in [-0.2, -0.15) is 0 Å². The smallest absolute Gasteiger partial charge is 0.242 e. The average Bonchev–Trinajstić information content (AvgIpc) is 2.82. The molecule has 0 radical (unpaired) electrons. The number of aryl methyl sites for hydroxylation is 1. The Labute approximate surface area is 137 Å². The number of aromatic nitrogens is 2. The fourth-order valence-corrected chi connectivity index (χ4v) is 3.22. The molecule has 0 bridgehead atoms. The van der Waals surface area contributed by atoms with Crippen LogP contribution in [0.25, 0.3) is 11.0 Å². The minimum Gasteiger partial charge on any atom is -0.543 e. The number of benzene rings is 2. The van der Waals surface area contributed by atoms with E-state index < -0.39 is 8.32 Å². The van der Waals surface area contributed by atoms with Crippen molar-refractivity contribution in [3.63, 3.8) is 0 Å². The van der Waals surface area contributed by atoms with Crippen molar-refractivity contribution in [3.8, 4) is 5.75 Å². The Kier molecular flexibility index (Phi) is 4.04. The molecule has 0 aliphatic heterocycles. The predicted octanol–water partition coefficient (Wildman–Crippen LogP) is 4.54. The summed E-state index contributed by atoms with van der Waals surface area (Å²) in [5.74, 6) is 1.66. The van der Waals surface area contributed by atoms with E-state index in [-0.39, 0.29) is 0 Å². The van der Waals surface area contributed by atoms with E-state index in [1.807, 2.05) is 54.1 Å². The van der Waals surface area contributed by atoms with Crippen molar-refractivity contribution >= 4 is 31.3 Å². The van der Waals surface area contributed by atoms with E-state index in [9.17, 15) is 0 Å². The monoisotopic (exact) mass is 323 g/mol. The van der Waals surface area contributed by atoms with E-state index in [1.165, 1.54) is 0 Å². The van der Waals surface area contributed by atoms with Crippen LogP contribution in [0.15, 0.2) is 53.5 Å². The van der Waals surface area contributed by atoms with Crippen LogP contribution in [0.4, 0.5) is 5.69 Å². The number of fused-ring (bicyclic) bond motifs is 1. The minimum absolute atomic E-state index is 0.828. The standard InChI is InChI=1S/C18H21N3OSi/c1-21-16-11-7-5-9-14(16)20-18(21)13-19-15-10-6-8-12-17(15)22-23(2,3)4/h5-13H,1-4H3. The van der Waals surface area contributed by atoms with Gasteiger partial charge in [-0.25, -0.2) is 9.98 Å². The molecule has 0 saturated heterocycles. The lowest BCUT2D eigenvalue weighted by Crippen LogP contribution is -2.29. The third-order valence-corrected chi connectivity index (χ3v) is 4.25. The van der Waals surface area contributed by atoms with Crippen LogP contribution in [-0.4, -0.2) is 24.1 Å². The van der Waals surface area contributed by atoms with Crippen molar-refractivity contribution in [3.05, 3.63) is 54.4 Å². The molecule has 118 valence electrons. The van der Waals surface area contributed by atoms with Gasteiger partial charge in [0.25, 0.3) is 0 Å². The molecule has 0 spiro atoms. The summed E-state index contributed by atoms with van der Waals surface area (Å²) in [7, 11) is 0.331. The van der Waals surface area contributed by atoms with Gasteiger partial charge in [0.1, 0.15) is 11.4 Å². The van der Waals surface area contributed by atoms with Gasteiger partial charge >= 0.3 is 0 Å². The van der Waals surface area contributed by atoms with Gasteiger partial charge in [0.15, 0.2) is 5.82 Å². The minimum atomic E-state index is -1.67. The summed E-state index contributed by atoms with van der Waals surface area (Å²) in [5, 5.41) is 0. The highest BCUT2D eigenvalue weighted by atomic mass is 28.4. The summed E-state index contributed by atoms with van der Waals surface area (Å²) in [6.45, 7) is 6.50. The second-order valence-electron chi connectivity index (χ2n) is 6.46. The summed E-state index contributed by atoms with van der Waals surface area (Å²) in [4.78, 5) is 9.22. The van der Waals surface area contributed by atoms with Crippen LogP contribution in [0.2, 0.25) is 19.6 Å². The maximum absolute atomic E-state index is 6.11. The van der Waals surface area contributed by atoms with Gasteiger partial charge in [-0.05, 0) is 43.9 Å². The molecule has 0 aliphatic carbocycles. The van der Waals surface area contributed by atoms with Gasteiger partial charge < -0.3 is 8.99 Å². The van der Waals surface area contributed by atoms with Crippen molar-refractivity contribution in [1.29, 1.82) is 0 Å². The van der Waals surface area contributed by atoms with Gasteiger partial charge in [-0.1, -0.05) is 24.3 Å². The van der Waals surface area contributed by atoms with Crippen LogP contribution in [0, 0.1) is 0 Å². The van der Waals surface area contributed by atoms with Gasteiger partial charge in [-0.15, -0.1) is 0 Å². The van der Waals surface area contributed by atoms with Crippen LogP contribution in [-0.2, 0) is 7.05 Å². The summed E-state index contributed by atoms with van der Waals surface area (Å²) in [5.41, 5.74) is 2.91. The van der Waals surface area contributed by atoms with Crippen molar-refractivity contribution in [1.82, 2.24) is 9.55 Å². The topological polar surface area (TPSA) is 39.4 Å². The van der Waals surface area contributed by atoms with E-state index in [0.717, 1.165) is 28.3 Å². The lowest BCUT2D eigenvalue weighted by atomic mass is 10.3. The Morgan fingerprint density at radius 3 is 2.48 bits per heavy atom. The number of rotatable bonds is 4. The van der Waals surface area contributed by atoms with E-state index in [1.54, 1.807) is 6.21 Å². The lowest BCUT2D eigenvalue weighted by molar-refractivity contribution is 0.559. The van der Waals surface area contributed by atoms with Gasteiger partial charge in [0, 0.05) is 7.05 Å². The highest BCUT2D eigenvalue weighted by molar-refractivity contribution is 6.70. The van der Waals surface area contributed by atoms with Crippen LogP contribution in [0.3, 0.4) is 0 Å². The molecule has 0 saturated carbocycles. The molecule has 0 amide bonds. The van der Waals surface area contributed by atoms with Crippen LogP contribution >= 0.6 is 0 Å².